The van der Waals surface area contributed by atoms with Gasteiger partial charge in [0.2, 0.25) is 0 Å². The molecule has 0 atom stereocenters. The molecule has 4 rings (SSSR count). The fourth-order valence-electron chi connectivity index (χ4n) is 2.29. The predicted molar refractivity (Wildman–Crippen MR) is 84.8 cm³/mol. The van der Waals surface area contributed by atoms with E-state index in [4.69, 9.17) is 0 Å². The van der Waals surface area contributed by atoms with Crippen molar-refractivity contribution in [2.24, 2.45) is 0 Å². The summed E-state index contributed by atoms with van der Waals surface area (Å²) >= 11 is 0. The number of imidazole rings is 2. The van der Waals surface area contributed by atoms with E-state index in [2.05, 4.69) is 20.4 Å². The molecule has 112 valence electrons. The van der Waals surface area contributed by atoms with Gasteiger partial charge in [-0.05, 0) is 24.3 Å². The number of benzene rings is 1. The molecule has 1 amide bonds. The average Bonchev–Trinajstić information content (AvgIpc) is 3.25. The van der Waals surface area contributed by atoms with Crippen molar-refractivity contribution in [3.05, 3.63) is 73.2 Å². The number of aromatic nitrogens is 5. The first-order chi connectivity index (χ1) is 11.3. The Bertz CT molecular complexity index is 956. The zero-order valence-electron chi connectivity index (χ0n) is 12.0. The molecule has 0 fully saturated rings. The maximum absolute atomic E-state index is 12.3. The molecule has 0 bridgehead atoms. The minimum absolute atomic E-state index is 0.252. The van der Waals surface area contributed by atoms with Gasteiger partial charge in [-0.3, -0.25) is 14.8 Å². The van der Waals surface area contributed by atoms with Gasteiger partial charge in [-0.2, -0.15) is 0 Å². The van der Waals surface area contributed by atoms with Gasteiger partial charge in [-0.1, -0.05) is 12.1 Å². The number of carbonyl (C=O) groups excluding carboxylic acids is 1. The summed E-state index contributed by atoms with van der Waals surface area (Å²) in [6.45, 7) is 0. The summed E-state index contributed by atoms with van der Waals surface area (Å²) in [5.74, 6) is 0.449. The zero-order valence-corrected chi connectivity index (χ0v) is 12.0. The van der Waals surface area contributed by atoms with Gasteiger partial charge < -0.3 is 0 Å². The van der Waals surface area contributed by atoms with Gasteiger partial charge in [0.1, 0.15) is 18.5 Å². The van der Waals surface area contributed by atoms with Crippen molar-refractivity contribution < 1.29 is 4.79 Å². The summed E-state index contributed by atoms with van der Waals surface area (Å²) in [7, 11) is 0. The SMILES string of the molecule is O=C(Nn1cnc2ccccc21)c1ccc(-n2ccnc2)nc1. The number of para-hydroxylation sites is 2. The summed E-state index contributed by atoms with van der Waals surface area (Å²) in [6, 6.07) is 11.1. The van der Waals surface area contributed by atoms with Crippen LogP contribution in [-0.4, -0.2) is 30.1 Å². The van der Waals surface area contributed by atoms with E-state index in [1.807, 2.05) is 24.3 Å². The van der Waals surface area contributed by atoms with Gasteiger partial charge in [0.05, 0.1) is 16.6 Å². The van der Waals surface area contributed by atoms with Crippen LogP contribution in [0.2, 0.25) is 0 Å². The van der Waals surface area contributed by atoms with Crippen LogP contribution in [0.25, 0.3) is 16.9 Å². The number of rotatable bonds is 3. The molecule has 0 unspecified atom stereocenters. The molecule has 1 aromatic carbocycles. The lowest BCUT2D eigenvalue weighted by atomic mass is 10.2. The predicted octanol–water partition coefficient (Wildman–Crippen LogP) is 2.00. The van der Waals surface area contributed by atoms with E-state index < -0.39 is 0 Å². The third-order valence-electron chi connectivity index (χ3n) is 3.45. The van der Waals surface area contributed by atoms with Crippen LogP contribution in [-0.2, 0) is 0 Å². The van der Waals surface area contributed by atoms with E-state index in [-0.39, 0.29) is 5.91 Å². The maximum atomic E-state index is 12.3. The molecule has 1 N–H and O–H groups in total. The number of hydrogen-bond donors (Lipinski definition) is 1. The molecule has 0 saturated carbocycles. The summed E-state index contributed by atoms with van der Waals surface area (Å²) in [6.07, 6.45) is 8.23. The second kappa shape index (κ2) is 5.38. The third kappa shape index (κ3) is 2.44. The van der Waals surface area contributed by atoms with Gasteiger partial charge in [-0.15, -0.1) is 0 Å². The van der Waals surface area contributed by atoms with Crippen LogP contribution in [0.3, 0.4) is 0 Å². The summed E-state index contributed by atoms with van der Waals surface area (Å²) < 4.78 is 3.37. The lowest BCUT2D eigenvalue weighted by Gasteiger charge is -2.07. The highest BCUT2D eigenvalue weighted by Gasteiger charge is 2.09. The fourth-order valence-corrected chi connectivity index (χ4v) is 2.29. The summed E-state index contributed by atoms with van der Waals surface area (Å²) in [5.41, 5.74) is 4.91. The number of hydrogen-bond acceptors (Lipinski definition) is 4. The first kappa shape index (κ1) is 13.2. The van der Waals surface area contributed by atoms with Crippen LogP contribution in [0, 0.1) is 0 Å². The highest BCUT2D eigenvalue weighted by atomic mass is 16.2. The third-order valence-corrected chi connectivity index (χ3v) is 3.45. The van der Waals surface area contributed by atoms with Crippen molar-refractivity contribution in [2.75, 3.05) is 5.43 Å². The normalized spacial score (nSPS) is 10.8. The topological polar surface area (TPSA) is 77.6 Å². The molecule has 0 aliphatic carbocycles. The standard InChI is InChI=1S/C16H12N6O/c23-16(20-22-11-19-13-3-1-2-4-14(13)22)12-5-6-15(18-9-12)21-8-7-17-10-21/h1-11H,(H,20,23). The molecular formula is C16H12N6O. The monoisotopic (exact) mass is 304 g/mol. The number of carbonyl (C=O) groups is 1. The average molecular weight is 304 g/mol. The van der Waals surface area contributed by atoms with E-state index in [9.17, 15) is 4.79 Å². The van der Waals surface area contributed by atoms with Gasteiger partial charge in [-0.25, -0.2) is 19.6 Å². The van der Waals surface area contributed by atoms with Crippen LogP contribution < -0.4 is 5.43 Å². The number of amides is 1. The van der Waals surface area contributed by atoms with Crippen LogP contribution >= 0.6 is 0 Å². The Labute approximate surface area is 131 Å². The maximum Gasteiger partial charge on any atom is 0.271 e. The molecule has 7 nitrogen and oxygen atoms in total. The molecule has 0 radical (unpaired) electrons. The van der Waals surface area contributed by atoms with Crippen molar-refractivity contribution in [3.63, 3.8) is 0 Å². The Balaban J connectivity index is 1.57. The minimum atomic E-state index is -0.252. The van der Waals surface area contributed by atoms with Crippen molar-refractivity contribution in [1.82, 2.24) is 24.2 Å². The Morgan fingerprint density at radius 1 is 1.04 bits per heavy atom. The zero-order chi connectivity index (χ0) is 15.6. The Kier molecular flexibility index (Phi) is 3.09. The first-order valence-corrected chi connectivity index (χ1v) is 6.99. The molecule has 0 aliphatic rings. The molecule has 4 aromatic rings. The lowest BCUT2D eigenvalue weighted by molar-refractivity contribution is 0.101. The van der Waals surface area contributed by atoms with Crippen LogP contribution in [0.1, 0.15) is 10.4 Å². The van der Waals surface area contributed by atoms with Crippen LogP contribution in [0.15, 0.2) is 67.6 Å². The minimum Gasteiger partial charge on any atom is -0.291 e. The molecule has 23 heavy (non-hydrogen) atoms. The second-order valence-corrected chi connectivity index (χ2v) is 4.92. The molecule has 3 heterocycles. The Morgan fingerprint density at radius 3 is 2.74 bits per heavy atom. The van der Waals surface area contributed by atoms with E-state index in [0.29, 0.717) is 11.4 Å². The van der Waals surface area contributed by atoms with Crippen molar-refractivity contribution in [1.29, 1.82) is 0 Å². The number of nitrogens with one attached hydrogen (secondary N) is 1. The van der Waals surface area contributed by atoms with E-state index in [0.717, 1.165) is 11.0 Å². The molecule has 0 saturated heterocycles. The fraction of sp³-hybridized carbons (Fsp3) is 0. The Morgan fingerprint density at radius 2 is 1.96 bits per heavy atom. The van der Waals surface area contributed by atoms with Crippen molar-refractivity contribution in [2.45, 2.75) is 0 Å². The summed E-state index contributed by atoms with van der Waals surface area (Å²) in [4.78, 5) is 24.8. The van der Waals surface area contributed by atoms with E-state index >= 15 is 0 Å². The lowest BCUT2D eigenvalue weighted by Crippen LogP contribution is -2.22. The van der Waals surface area contributed by atoms with Crippen molar-refractivity contribution >= 4 is 16.9 Å². The largest absolute Gasteiger partial charge is 0.291 e. The van der Waals surface area contributed by atoms with Crippen LogP contribution in [0.5, 0.6) is 0 Å². The van der Waals surface area contributed by atoms with Gasteiger partial charge in [0.25, 0.3) is 5.91 Å². The first-order valence-electron chi connectivity index (χ1n) is 6.99. The van der Waals surface area contributed by atoms with Gasteiger partial charge >= 0.3 is 0 Å². The number of pyridine rings is 1. The second-order valence-electron chi connectivity index (χ2n) is 4.92. The number of nitrogens with zero attached hydrogens (tertiary/aromatic N) is 5. The van der Waals surface area contributed by atoms with Gasteiger partial charge in [0.15, 0.2) is 0 Å². The van der Waals surface area contributed by atoms with E-state index in [1.54, 1.807) is 46.4 Å². The van der Waals surface area contributed by atoms with Crippen molar-refractivity contribution in [3.8, 4) is 5.82 Å². The van der Waals surface area contributed by atoms with Crippen LogP contribution in [0.4, 0.5) is 0 Å². The van der Waals surface area contributed by atoms with Gasteiger partial charge in [0, 0.05) is 18.6 Å². The smallest absolute Gasteiger partial charge is 0.271 e. The highest BCUT2D eigenvalue weighted by Crippen LogP contribution is 2.11. The Hall–Kier alpha value is -3.48. The summed E-state index contributed by atoms with van der Waals surface area (Å²) in [5, 5.41) is 0. The molecule has 0 aliphatic heterocycles. The molecule has 0 spiro atoms. The molecular weight excluding hydrogens is 292 g/mol. The molecule has 7 heteroatoms. The van der Waals surface area contributed by atoms with E-state index in [1.165, 1.54) is 6.20 Å². The number of fused-ring (bicyclic) bond motifs is 1. The molecule has 3 aromatic heterocycles. The highest BCUT2D eigenvalue weighted by molar-refractivity contribution is 6.00. The quantitative estimate of drug-likeness (QED) is 0.628.